The van der Waals surface area contributed by atoms with E-state index in [-0.39, 0.29) is 0 Å². The van der Waals surface area contributed by atoms with Gasteiger partial charge in [0.15, 0.2) is 11.5 Å². The molecule has 90 valence electrons. The summed E-state index contributed by atoms with van der Waals surface area (Å²) >= 11 is 0. The summed E-state index contributed by atoms with van der Waals surface area (Å²) in [5.41, 5.74) is 5.84. The monoisotopic (exact) mass is 242 g/mol. The first-order chi connectivity index (χ1) is 7.88. The van der Waals surface area contributed by atoms with Crippen LogP contribution >= 0.6 is 0 Å². The van der Waals surface area contributed by atoms with Gasteiger partial charge in [0, 0.05) is 6.20 Å². The second-order valence-corrected chi connectivity index (χ2v) is 3.54. The van der Waals surface area contributed by atoms with Crippen molar-refractivity contribution in [2.75, 3.05) is 5.73 Å². The van der Waals surface area contributed by atoms with Crippen molar-refractivity contribution in [3.05, 3.63) is 35.8 Å². The zero-order chi connectivity index (χ0) is 12.6. The molecule has 0 saturated carbocycles. The van der Waals surface area contributed by atoms with Gasteiger partial charge in [-0.1, -0.05) is 0 Å². The zero-order valence-electron chi connectivity index (χ0n) is 8.86. The fourth-order valence-corrected chi connectivity index (χ4v) is 1.28. The molecule has 7 heteroatoms. The van der Waals surface area contributed by atoms with Crippen molar-refractivity contribution in [2.24, 2.45) is 0 Å². The minimum atomic E-state index is -4.45. The van der Waals surface area contributed by atoms with Crippen molar-refractivity contribution >= 4 is 5.69 Å². The van der Waals surface area contributed by atoms with Gasteiger partial charge in [0.2, 0.25) is 0 Å². The maximum Gasteiger partial charge on any atom is 0.435 e. The Morgan fingerprint density at radius 3 is 2.59 bits per heavy atom. The summed E-state index contributed by atoms with van der Waals surface area (Å²) in [6.45, 7) is 1.74. The highest BCUT2D eigenvalue weighted by Crippen LogP contribution is 2.27. The van der Waals surface area contributed by atoms with Crippen LogP contribution in [0.4, 0.5) is 18.9 Å². The molecule has 0 aromatic carbocycles. The van der Waals surface area contributed by atoms with Crippen LogP contribution in [0.2, 0.25) is 0 Å². The molecular formula is C10H9F3N4. The van der Waals surface area contributed by atoms with Crippen molar-refractivity contribution in [1.82, 2.24) is 14.8 Å². The van der Waals surface area contributed by atoms with Crippen LogP contribution in [0.15, 0.2) is 24.5 Å². The van der Waals surface area contributed by atoms with Gasteiger partial charge in [0.1, 0.15) is 0 Å². The highest BCUT2D eigenvalue weighted by atomic mass is 19.4. The van der Waals surface area contributed by atoms with E-state index >= 15 is 0 Å². The Morgan fingerprint density at radius 1 is 1.35 bits per heavy atom. The van der Waals surface area contributed by atoms with Gasteiger partial charge in [-0.15, -0.1) is 0 Å². The third-order valence-electron chi connectivity index (χ3n) is 2.25. The molecule has 0 fully saturated rings. The first-order valence-corrected chi connectivity index (χ1v) is 4.73. The number of aromatic nitrogens is 3. The van der Waals surface area contributed by atoms with Crippen molar-refractivity contribution in [2.45, 2.75) is 13.1 Å². The minimum Gasteiger partial charge on any atom is -0.397 e. The Hall–Kier alpha value is -2.05. The van der Waals surface area contributed by atoms with E-state index in [0.717, 1.165) is 16.3 Å². The number of hydrogen-bond donors (Lipinski definition) is 1. The Kier molecular flexibility index (Phi) is 2.53. The molecule has 0 aliphatic rings. The lowest BCUT2D eigenvalue weighted by Gasteiger charge is -2.04. The molecule has 17 heavy (non-hydrogen) atoms. The van der Waals surface area contributed by atoms with E-state index in [1.54, 1.807) is 13.0 Å². The van der Waals surface area contributed by atoms with Gasteiger partial charge in [-0.3, -0.25) is 0 Å². The van der Waals surface area contributed by atoms with E-state index < -0.39 is 11.9 Å². The summed E-state index contributed by atoms with van der Waals surface area (Å²) in [5.74, 6) is 0.298. The quantitative estimate of drug-likeness (QED) is 0.833. The van der Waals surface area contributed by atoms with Gasteiger partial charge in [-0.05, 0) is 24.6 Å². The molecular weight excluding hydrogens is 233 g/mol. The van der Waals surface area contributed by atoms with Crippen LogP contribution in [-0.4, -0.2) is 14.8 Å². The fourth-order valence-electron chi connectivity index (χ4n) is 1.28. The molecule has 0 bridgehead atoms. The number of aryl methyl sites for hydroxylation is 1. The van der Waals surface area contributed by atoms with Crippen LogP contribution in [0.5, 0.6) is 0 Å². The number of hydrogen-bond acceptors (Lipinski definition) is 3. The highest BCUT2D eigenvalue weighted by molar-refractivity contribution is 5.47. The van der Waals surface area contributed by atoms with E-state index in [9.17, 15) is 13.2 Å². The SMILES string of the molecule is Cc1cc(-n2ccc(C(F)(F)F)n2)ncc1N. The standard InChI is InChI=1S/C10H9F3N4/c1-6-4-9(15-5-7(6)14)17-3-2-8(16-17)10(11,12)13/h2-5H,14H2,1H3. The Balaban J connectivity index is 2.40. The Labute approximate surface area is 94.9 Å². The van der Waals surface area contributed by atoms with Crippen LogP contribution in [0, 0.1) is 6.92 Å². The third-order valence-corrected chi connectivity index (χ3v) is 2.25. The third kappa shape index (κ3) is 2.22. The van der Waals surface area contributed by atoms with Crippen molar-refractivity contribution in [1.29, 1.82) is 0 Å². The van der Waals surface area contributed by atoms with Gasteiger partial charge >= 0.3 is 6.18 Å². The molecule has 2 heterocycles. The number of nitrogens with two attached hydrogens (primary N) is 1. The predicted octanol–water partition coefficient (Wildman–Crippen LogP) is 2.18. The molecule has 0 saturated heterocycles. The maximum atomic E-state index is 12.3. The lowest BCUT2D eigenvalue weighted by molar-refractivity contribution is -0.141. The van der Waals surface area contributed by atoms with E-state index in [1.165, 1.54) is 12.4 Å². The normalized spacial score (nSPS) is 11.8. The zero-order valence-corrected chi connectivity index (χ0v) is 8.86. The summed E-state index contributed by atoms with van der Waals surface area (Å²) in [5, 5.41) is 3.41. The maximum absolute atomic E-state index is 12.3. The van der Waals surface area contributed by atoms with Crippen molar-refractivity contribution < 1.29 is 13.2 Å². The first-order valence-electron chi connectivity index (χ1n) is 4.73. The molecule has 2 N–H and O–H groups in total. The topological polar surface area (TPSA) is 56.7 Å². The lowest BCUT2D eigenvalue weighted by atomic mass is 10.2. The second kappa shape index (κ2) is 3.76. The van der Waals surface area contributed by atoms with E-state index in [1.807, 2.05) is 0 Å². The molecule has 0 aliphatic carbocycles. The van der Waals surface area contributed by atoms with E-state index in [4.69, 9.17) is 5.73 Å². The number of alkyl halides is 3. The summed E-state index contributed by atoms with van der Waals surface area (Å²) in [7, 11) is 0. The molecule has 0 amide bonds. The smallest absolute Gasteiger partial charge is 0.397 e. The van der Waals surface area contributed by atoms with Crippen molar-refractivity contribution in [3.63, 3.8) is 0 Å². The van der Waals surface area contributed by atoms with Gasteiger partial charge in [-0.25, -0.2) is 9.67 Å². The van der Waals surface area contributed by atoms with Crippen molar-refractivity contribution in [3.8, 4) is 5.82 Å². The van der Waals surface area contributed by atoms with Gasteiger partial charge in [-0.2, -0.15) is 18.3 Å². The minimum absolute atomic E-state index is 0.298. The second-order valence-electron chi connectivity index (χ2n) is 3.54. The Bertz CT molecular complexity index is 545. The summed E-state index contributed by atoms with van der Waals surface area (Å²) < 4.78 is 38.1. The molecule has 2 rings (SSSR count). The largest absolute Gasteiger partial charge is 0.435 e. The van der Waals surface area contributed by atoms with Crippen LogP contribution in [0.25, 0.3) is 5.82 Å². The van der Waals surface area contributed by atoms with E-state index in [0.29, 0.717) is 11.5 Å². The number of pyridine rings is 1. The number of rotatable bonds is 1. The molecule has 2 aromatic rings. The van der Waals surface area contributed by atoms with Crippen LogP contribution in [0.3, 0.4) is 0 Å². The van der Waals surface area contributed by atoms with Gasteiger partial charge < -0.3 is 5.73 Å². The number of nitrogens with zero attached hydrogens (tertiary/aromatic N) is 3. The van der Waals surface area contributed by atoms with Crippen LogP contribution in [0.1, 0.15) is 11.3 Å². The van der Waals surface area contributed by atoms with Crippen LogP contribution in [-0.2, 0) is 6.18 Å². The molecule has 0 radical (unpaired) electrons. The number of nitrogen functional groups attached to an aromatic ring is 1. The molecule has 0 unspecified atom stereocenters. The highest BCUT2D eigenvalue weighted by Gasteiger charge is 2.33. The van der Waals surface area contributed by atoms with Crippen LogP contribution < -0.4 is 5.73 Å². The Morgan fingerprint density at radius 2 is 2.06 bits per heavy atom. The molecule has 0 atom stereocenters. The van der Waals surface area contributed by atoms with Gasteiger partial charge in [0.25, 0.3) is 0 Å². The molecule has 2 aromatic heterocycles. The molecule has 4 nitrogen and oxygen atoms in total. The number of anilines is 1. The average Bonchev–Trinajstić information content (AvgIpc) is 2.70. The predicted molar refractivity (Wildman–Crippen MR) is 55.5 cm³/mol. The lowest BCUT2D eigenvalue weighted by Crippen LogP contribution is -2.08. The summed E-state index contributed by atoms with van der Waals surface area (Å²) in [6.07, 6.45) is -1.85. The summed E-state index contributed by atoms with van der Waals surface area (Å²) in [4.78, 5) is 3.91. The summed E-state index contributed by atoms with van der Waals surface area (Å²) in [6, 6.07) is 2.47. The number of halogens is 3. The van der Waals surface area contributed by atoms with E-state index in [2.05, 4.69) is 10.1 Å². The average molecular weight is 242 g/mol. The molecule has 0 spiro atoms. The van der Waals surface area contributed by atoms with Gasteiger partial charge in [0.05, 0.1) is 11.9 Å². The molecule has 0 aliphatic heterocycles. The fraction of sp³-hybridized carbons (Fsp3) is 0.200. The first kappa shape index (κ1) is 11.4.